The predicted octanol–water partition coefficient (Wildman–Crippen LogP) is 1.96. The molecule has 0 aliphatic carbocycles. The number of halogens is 1. The quantitative estimate of drug-likeness (QED) is 0.620. The highest BCUT2D eigenvalue weighted by Crippen LogP contribution is 2.36. The van der Waals surface area contributed by atoms with E-state index in [-0.39, 0.29) is 6.54 Å². The smallest absolute Gasteiger partial charge is 0.329 e. The number of methoxy groups -OCH3 is 1. The number of carbonyl (C=O) groups is 1. The Morgan fingerprint density at radius 3 is 2.68 bits per heavy atom. The Labute approximate surface area is 186 Å². The molecule has 2 aliphatic heterocycles. The number of piperazine rings is 1. The number of nitrogens with two attached hydrogens (primary N) is 1. The minimum absolute atomic E-state index is 0.229. The summed E-state index contributed by atoms with van der Waals surface area (Å²) in [6, 6.07) is 13.7. The number of anilines is 2. The van der Waals surface area contributed by atoms with Crippen molar-refractivity contribution in [2.75, 3.05) is 51.8 Å². The Morgan fingerprint density at radius 1 is 1.23 bits per heavy atom. The number of ether oxygens (including phenoxy) is 1. The minimum Gasteiger partial charge on any atom is -0.468 e. The molecule has 4 rings (SSSR count). The zero-order valence-corrected chi connectivity index (χ0v) is 18.1. The lowest BCUT2D eigenvalue weighted by atomic mass is 10.0. The van der Waals surface area contributed by atoms with E-state index in [4.69, 9.17) is 27.1 Å². The van der Waals surface area contributed by atoms with E-state index in [1.807, 2.05) is 36.4 Å². The summed E-state index contributed by atoms with van der Waals surface area (Å²) in [5.74, 6) is 0.261. The standard InChI is InChI=1S/C22H26ClN5O3/c1-31-21(30)22(24,14-29)13-27-8-10-28(11-9-27)20-16-4-2-3-5-17(16)25-18-7-6-15(23)12-19(18)26-20/h2-7,12,25,29H,8-11,13-14,24H2,1H3. The van der Waals surface area contributed by atoms with Gasteiger partial charge in [-0.25, -0.2) is 9.79 Å². The van der Waals surface area contributed by atoms with Gasteiger partial charge in [0, 0.05) is 49.0 Å². The number of aliphatic imine (C=N–C) groups is 1. The maximum Gasteiger partial charge on any atom is 0.329 e. The summed E-state index contributed by atoms with van der Waals surface area (Å²) in [7, 11) is 1.28. The number of carbonyl (C=O) groups excluding carboxylic acids is 1. The maximum atomic E-state index is 12.0. The number of aliphatic hydroxyl groups is 1. The summed E-state index contributed by atoms with van der Waals surface area (Å²) in [6.07, 6.45) is 0. The van der Waals surface area contributed by atoms with Crippen LogP contribution in [0.1, 0.15) is 5.56 Å². The molecule has 31 heavy (non-hydrogen) atoms. The summed E-state index contributed by atoms with van der Waals surface area (Å²) < 4.78 is 4.76. The van der Waals surface area contributed by atoms with Gasteiger partial charge in [0.2, 0.25) is 0 Å². The Bertz CT molecular complexity index is 1010. The molecule has 2 aliphatic rings. The largest absolute Gasteiger partial charge is 0.468 e. The Hall–Kier alpha value is -2.65. The molecule has 4 N–H and O–H groups in total. The van der Waals surface area contributed by atoms with Gasteiger partial charge >= 0.3 is 5.97 Å². The van der Waals surface area contributed by atoms with Crippen molar-refractivity contribution in [2.24, 2.45) is 10.7 Å². The lowest BCUT2D eigenvalue weighted by Gasteiger charge is -2.39. The van der Waals surface area contributed by atoms with E-state index >= 15 is 0 Å². The molecule has 0 radical (unpaired) electrons. The van der Waals surface area contributed by atoms with Gasteiger partial charge in [-0.05, 0) is 30.3 Å². The second-order valence-corrected chi connectivity index (χ2v) is 8.27. The van der Waals surface area contributed by atoms with Crippen molar-refractivity contribution in [3.8, 4) is 0 Å². The first-order valence-corrected chi connectivity index (χ1v) is 10.5. The molecule has 1 fully saturated rings. The molecule has 0 amide bonds. The molecule has 0 spiro atoms. The Morgan fingerprint density at radius 2 is 1.97 bits per heavy atom. The van der Waals surface area contributed by atoms with Crippen LogP contribution >= 0.6 is 11.6 Å². The molecular formula is C22H26ClN5O3. The van der Waals surface area contributed by atoms with Crippen LogP contribution in [-0.4, -0.2) is 78.7 Å². The number of para-hydroxylation sites is 1. The van der Waals surface area contributed by atoms with E-state index in [1.165, 1.54) is 7.11 Å². The van der Waals surface area contributed by atoms with E-state index in [1.54, 1.807) is 0 Å². The van der Waals surface area contributed by atoms with Crippen molar-refractivity contribution in [1.29, 1.82) is 0 Å². The summed E-state index contributed by atoms with van der Waals surface area (Å²) in [5.41, 5.74) is 8.34. The van der Waals surface area contributed by atoms with E-state index in [2.05, 4.69) is 21.2 Å². The van der Waals surface area contributed by atoms with Crippen molar-refractivity contribution in [2.45, 2.75) is 5.54 Å². The van der Waals surface area contributed by atoms with Crippen LogP contribution in [0, 0.1) is 0 Å². The van der Waals surface area contributed by atoms with Gasteiger partial charge in [-0.1, -0.05) is 23.7 Å². The molecule has 1 unspecified atom stereocenters. The van der Waals surface area contributed by atoms with Crippen LogP contribution in [0.3, 0.4) is 0 Å². The van der Waals surface area contributed by atoms with Gasteiger partial charge in [-0.3, -0.25) is 4.90 Å². The monoisotopic (exact) mass is 443 g/mol. The third-order valence-electron chi connectivity index (χ3n) is 5.68. The number of aliphatic hydroxyl groups excluding tert-OH is 1. The number of fused-ring (bicyclic) bond motifs is 2. The van der Waals surface area contributed by atoms with Crippen molar-refractivity contribution in [3.63, 3.8) is 0 Å². The van der Waals surface area contributed by atoms with E-state index in [9.17, 15) is 9.90 Å². The summed E-state index contributed by atoms with van der Waals surface area (Å²) in [4.78, 5) is 21.2. The van der Waals surface area contributed by atoms with Crippen LogP contribution in [0.5, 0.6) is 0 Å². The third kappa shape index (κ3) is 4.38. The van der Waals surface area contributed by atoms with Gasteiger partial charge in [-0.2, -0.15) is 0 Å². The van der Waals surface area contributed by atoms with Gasteiger partial charge in [0.1, 0.15) is 5.84 Å². The first-order chi connectivity index (χ1) is 14.9. The molecule has 2 aromatic rings. The number of rotatable bonds is 4. The number of esters is 1. The SMILES string of the molecule is COC(=O)C(N)(CO)CN1CCN(C2=Nc3cc(Cl)ccc3Nc3ccccc32)CC1. The van der Waals surface area contributed by atoms with Crippen molar-refractivity contribution in [1.82, 2.24) is 9.80 Å². The lowest BCUT2D eigenvalue weighted by Crippen LogP contribution is -2.62. The van der Waals surface area contributed by atoms with E-state index < -0.39 is 18.1 Å². The lowest BCUT2D eigenvalue weighted by molar-refractivity contribution is -0.149. The Balaban J connectivity index is 1.57. The minimum atomic E-state index is -1.43. The van der Waals surface area contributed by atoms with Gasteiger partial charge in [0.25, 0.3) is 0 Å². The van der Waals surface area contributed by atoms with Gasteiger partial charge in [-0.15, -0.1) is 0 Å². The molecule has 1 atom stereocenters. The molecule has 8 nitrogen and oxygen atoms in total. The van der Waals surface area contributed by atoms with Crippen molar-refractivity contribution < 1.29 is 14.6 Å². The van der Waals surface area contributed by atoms with E-state index in [0.717, 1.165) is 28.5 Å². The summed E-state index contributed by atoms with van der Waals surface area (Å²) in [6.45, 7) is 2.51. The first-order valence-electron chi connectivity index (χ1n) is 10.1. The molecule has 2 heterocycles. The Kier molecular flexibility index (Phi) is 6.15. The van der Waals surface area contributed by atoms with Crippen molar-refractivity contribution >= 4 is 40.5 Å². The fourth-order valence-corrected chi connectivity index (χ4v) is 4.12. The maximum absolute atomic E-state index is 12.0. The number of nitrogens with zero attached hydrogens (tertiary/aromatic N) is 3. The van der Waals surface area contributed by atoms with Crippen LogP contribution in [0.15, 0.2) is 47.5 Å². The molecule has 2 aromatic carbocycles. The third-order valence-corrected chi connectivity index (χ3v) is 5.91. The molecule has 0 aromatic heterocycles. The highest BCUT2D eigenvalue weighted by Gasteiger charge is 2.37. The molecule has 164 valence electrons. The van der Waals surface area contributed by atoms with Crippen LogP contribution in [0.2, 0.25) is 5.02 Å². The fourth-order valence-electron chi connectivity index (χ4n) is 3.95. The topological polar surface area (TPSA) is 103 Å². The number of benzene rings is 2. The normalized spacial score (nSPS) is 18.1. The van der Waals surface area contributed by atoms with Crippen LogP contribution in [0.4, 0.5) is 17.1 Å². The van der Waals surface area contributed by atoms with Crippen LogP contribution < -0.4 is 11.1 Å². The number of hydrogen-bond donors (Lipinski definition) is 3. The molecule has 1 saturated heterocycles. The zero-order valence-electron chi connectivity index (χ0n) is 17.3. The average molecular weight is 444 g/mol. The highest BCUT2D eigenvalue weighted by molar-refractivity contribution is 6.31. The number of hydrogen-bond acceptors (Lipinski definition) is 8. The fraction of sp³-hybridized carbons (Fsp3) is 0.364. The van der Waals surface area contributed by atoms with Gasteiger partial charge in [0.05, 0.1) is 25.1 Å². The number of nitrogens with one attached hydrogen (secondary N) is 1. The average Bonchev–Trinajstić information content (AvgIpc) is 2.95. The number of amidine groups is 1. The van der Waals surface area contributed by atoms with Gasteiger partial charge < -0.3 is 25.8 Å². The summed E-state index contributed by atoms with van der Waals surface area (Å²) >= 11 is 6.22. The van der Waals surface area contributed by atoms with Crippen LogP contribution in [0.25, 0.3) is 0 Å². The highest BCUT2D eigenvalue weighted by atomic mass is 35.5. The second kappa shape index (κ2) is 8.84. The van der Waals surface area contributed by atoms with Crippen LogP contribution in [-0.2, 0) is 9.53 Å². The molecule has 0 bridgehead atoms. The predicted molar refractivity (Wildman–Crippen MR) is 121 cm³/mol. The second-order valence-electron chi connectivity index (χ2n) is 7.84. The molecular weight excluding hydrogens is 418 g/mol. The van der Waals surface area contributed by atoms with E-state index in [0.29, 0.717) is 31.2 Å². The zero-order chi connectivity index (χ0) is 22.0. The van der Waals surface area contributed by atoms with Gasteiger partial charge in [0.15, 0.2) is 5.54 Å². The molecule has 9 heteroatoms. The van der Waals surface area contributed by atoms with Crippen molar-refractivity contribution in [3.05, 3.63) is 53.1 Å². The molecule has 0 saturated carbocycles. The first kappa shape index (κ1) is 21.6. The summed E-state index contributed by atoms with van der Waals surface area (Å²) in [5, 5.41) is 13.7.